The molecule has 0 radical (unpaired) electrons. The van der Waals surface area contributed by atoms with E-state index in [1.165, 1.54) is 0 Å². The van der Waals surface area contributed by atoms with Crippen LogP contribution in [-0.2, 0) is 4.79 Å². The predicted molar refractivity (Wildman–Crippen MR) is 71.9 cm³/mol. The number of nitrogens with one attached hydrogen (secondary N) is 1. The molecule has 1 aromatic carbocycles. The molecule has 0 aliphatic rings. The molecule has 1 aromatic heterocycles. The van der Waals surface area contributed by atoms with E-state index in [-0.39, 0.29) is 5.92 Å². The SMILES string of the molecule is CC(CC/C=C/c1ccc2oc(=O)[nH]c2c1)C(=O)O. The molecule has 5 heteroatoms. The van der Waals surface area contributed by atoms with Gasteiger partial charge in [-0.1, -0.05) is 25.1 Å². The highest BCUT2D eigenvalue weighted by Crippen LogP contribution is 2.14. The summed E-state index contributed by atoms with van der Waals surface area (Å²) in [4.78, 5) is 24.2. The zero-order valence-electron chi connectivity index (χ0n) is 10.6. The molecule has 0 aliphatic carbocycles. The van der Waals surface area contributed by atoms with Gasteiger partial charge in [0.25, 0.3) is 0 Å². The van der Waals surface area contributed by atoms with Crippen molar-refractivity contribution < 1.29 is 14.3 Å². The molecular formula is C14H15NO4. The van der Waals surface area contributed by atoms with Crippen molar-refractivity contribution in [2.75, 3.05) is 0 Å². The molecule has 0 aliphatic heterocycles. The maximum Gasteiger partial charge on any atom is 0.417 e. The molecule has 0 bridgehead atoms. The number of carboxylic acid groups (broad SMARTS) is 1. The van der Waals surface area contributed by atoms with Crippen LogP contribution in [0, 0.1) is 5.92 Å². The molecular weight excluding hydrogens is 246 g/mol. The standard InChI is InChI=1S/C14H15NO4/c1-9(13(16)17)4-2-3-5-10-6-7-12-11(8-10)15-14(18)19-12/h3,5-9H,2,4H2,1H3,(H,15,18)(H,16,17)/b5-3+. The number of hydrogen-bond donors (Lipinski definition) is 2. The molecule has 1 heterocycles. The van der Waals surface area contributed by atoms with Gasteiger partial charge in [-0.15, -0.1) is 0 Å². The summed E-state index contributed by atoms with van der Waals surface area (Å²) in [6.45, 7) is 1.69. The Morgan fingerprint density at radius 1 is 1.53 bits per heavy atom. The predicted octanol–water partition coefficient (Wildman–Crippen LogP) is 2.64. The van der Waals surface area contributed by atoms with Crippen molar-refractivity contribution in [1.82, 2.24) is 4.98 Å². The molecule has 0 amide bonds. The van der Waals surface area contributed by atoms with Gasteiger partial charge in [0.05, 0.1) is 11.4 Å². The summed E-state index contributed by atoms with van der Waals surface area (Å²) in [7, 11) is 0. The van der Waals surface area contributed by atoms with Crippen molar-refractivity contribution in [3.63, 3.8) is 0 Å². The number of benzene rings is 1. The average Bonchev–Trinajstić information content (AvgIpc) is 2.73. The van der Waals surface area contributed by atoms with Gasteiger partial charge < -0.3 is 9.52 Å². The zero-order chi connectivity index (χ0) is 13.8. The van der Waals surface area contributed by atoms with Crippen LogP contribution in [0.1, 0.15) is 25.3 Å². The lowest BCUT2D eigenvalue weighted by atomic mass is 10.1. The van der Waals surface area contributed by atoms with E-state index >= 15 is 0 Å². The summed E-state index contributed by atoms with van der Waals surface area (Å²) in [5.41, 5.74) is 2.13. The van der Waals surface area contributed by atoms with Gasteiger partial charge in [0, 0.05) is 0 Å². The van der Waals surface area contributed by atoms with Crippen molar-refractivity contribution in [2.45, 2.75) is 19.8 Å². The Bertz CT molecular complexity index is 665. The van der Waals surface area contributed by atoms with Crippen LogP contribution in [0.5, 0.6) is 0 Å². The van der Waals surface area contributed by atoms with Crippen LogP contribution in [0.2, 0.25) is 0 Å². The van der Waals surface area contributed by atoms with E-state index in [2.05, 4.69) is 4.98 Å². The molecule has 19 heavy (non-hydrogen) atoms. The summed E-state index contributed by atoms with van der Waals surface area (Å²) in [6.07, 6.45) is 5.14. The maximum absolute atomic E-state index is 11.0. The Kier molecular flexibility index (Phi) is 3.85. The second kappa shape index (κ2) is 5.56. The normalized spacial score (nSPS) is 13.1. The number of rotatable bonds is 5. The van der Waals surface area contributed by atoms with Crippen molar-refractivity contribution >= 4 is 23.1 Å². The monoisotopic (exact) mass is 261 g/mol. The number of hydrogen-bond acceptors (Lipinski definition) is 3. The van der Waals surface area contributed by atoms with Gasteiger partial charge in [0.2, 0.25) is 0 Å². The van der Waals surface area contributed by atoms with E-state index in [9.17, 15) is 9.59 Å². The first-order valence-corrected chi connectivity index (χ1v) is 6.08. The van der Waals surface area contributed by atoms with Crippen LogP contribution in [0.4, 0.5) is 0 Å². The van der Waals surface area contributed by atoms with E-state index in [0.29, 0.717) is 23.9 Å². The number of H-pyrrole nitrogens is 1. The van der Waals surface area contributed by atoms with Gasteiger partial charge in [0.1, 0.15) is 0 Å². The third kappa shape index (κ3) is 3.34. The number of carbonyl (C=O) groups is 1. The first-order valence-electron chi connectivity index (χ1n) is 6.08. The Morgan fingerprint density at radius 2 is 2.32 bits per heavy atom. The zero-order valence-corrected chi connectivity index (χ0v) is 10.6. The Morgan fingerprint density at radius 3 is 3.05 bits per heavy atom. The smallest absolute Gasteiger partial charge is 0.417 e. The number of aromatic amines is 1. The number of carboxylic acids is 1. The van der Waals surface area contributed by atoms with Gasteiger partial charge in [-0.2, -0.15) is 0 Å². The van der Waals surface area contributed by atoms with Crippen LogP contribution in [0.15, 0.2) is 33.5 Å². The molecule has 2 N–H and O–H groups in total. The van der Waals surface area contributed by atoms with Gasteiger partial charge >= 0.3 is 11.7 Å². The van der Waals surface area contributed by atoms with Crippen LogP contribution in [-0.4, -0.2) is 16.1 Å². The molecule has 1 atom stereocenters. The van der Waals surface area contributed by atoms with Gasteiger partial charge in [0.15, 0.2) is 5.58 Å². The van der Waals surface area contributed by atoms with E-state index in [1.807, 2.05) is 24.3 Å². The summed E-state index contributed by atoms with van der Waals surface area (Å²) in [5.74, 6) is -1.57. The third-order valence-corrected chi connectivity index (χ3v) is 2.94. The fraction of sp³-hybridized carbons (Fsp3) is 0.286. The van der Waals surface area contributed by atoms with Crippen LogP contribution in [0.25, 0.3) is 17.2 Å². The molecule has 100 valence electrons. The summed E-state index contributed by atoms with van der Waals surface area (Å²) < 4.78 is 4.91. The highest BCUT2D eigenvalue weighted by molar-refractivity contribution is 5.75. The molecule has 1 unspecified atom stereocenters. The van der Waals surface area contributed by atoms with E-state index in [0.717, 1.165) is 5.56 Å². The molecule has 0 saturated heterocycles. The number of aliphatic carboxylic acids is 1. The molecule has 2 aromatic rings. The number of allylic oxidation sites excluding steroid dienone is 1. The lowest BCUT2D eigenvalue weighted by Crippen LogP contribution is -2.08. The molecule has 0 saturated carbocycles. The Balaban J connectivity index is 2.00. The second-order valence-electron chi connectivity index (χ2n) is 4.49. The molecule has 5 nitrogen and oxygen atoms in total. The fourth-order valence-corrected chi connectivity index (χ4v) is 1.76. The van der Waals surface area contributed by atoms with Crippen molar-refractivity contribution in [3.05, 3.63) is 40.4 Å². The first-order chi connectivity index (χ1) is 9.06. The largest absolute Gasteiger partial charge is 0.481 e. The number of fused-ring (bicyclic) bond motifs is 1. The quantitative estimate of drug-likeness (QED) is 0.866. The average molecular weight is 261 g/mol. The van der Waals surface area contributed by atoms with Gasteiger partial charge in [-0.3, -0.25) is 9.78 Å². The minimum absolute atomic E-state index is 0.336. The third-order valence-electron chi connectivity index (χ3n) is 2.94. The first kappa shape index (κ1) is 13.1. The van der Waals surface area contributed by atoms with E-state index < -0.39 is 11.7 Å². The molecule has 2 rings (SSSR count). The highest BCUT2D eigenvalue weighted by atomic mass is 16.4. The number of aromatic nitrogens is 1. The highest BCUT2D eigenvalue weighted by Gasteiger charge is 2.08. The minimum atomic E-state index is -0.772. The lowest BCUT2D eigenvalue weighted by molar-refractivity contribution is -0.141. The van der Waals surface area contributed by atoms with E-state index in [4.69, 9.17) is 9.52 Å². The van der Waals surface area contributed by atoms with Gasteiger partial charge in [-0.25, -0.2) is 4.79 Å². The summed E-state index contributed by atoms with van der Waals surface area (Å²) in [6, 6.07) is 5.39. The van der Waals surface area contributed by atoms with Crippen LogP contribution >= 0.6 is 0 Å². The topological polar surface area (TPSA) is 83.3 Å². The minimum Gasteiger partial charge on any atom is -0.481 e. The van der Waals surface area contributed by atoms with E-state index in [1.54, 1.807) is 13.0 Å². The van der Waals surface area contributed by atoms with Crippen LogP contribution in [0.3, 0.4) is 0 Å². The molecule has 0 spiro atoms. The second-order valence-corrected chi connectivity index (χ2v) is 4.49. The number of oxazole rings is 1. The lowest BCUT2D eigenvalue weighted by Gasteiger charge is -2.01. The molecule has 0 fully saturated rings. The Labute approximate surface area is 109 Å². The van der Waals surface area contributed by atoms with Crippen molar-refractivity contribution in [2.24, 2.45) is 5.92 Å². The van der Waals surface area contributed by atoms with Crippen molar-refractivity contribution in [3.8, 4) is 0 Å². The van der Waals surface area contributed by atoms with Crippen LogP contribution < -0.4 is 5.76 Å². The maximum atomic E-state index is 11.0. The van der Waals surface area contributed by atoms with Crippen molar-refractivity contribution in [1.29, 1.82) is 0 Å². The fourth-order valence-electron chi connectivity index (χ4n) is 1.76. The Hall–Kier alpha value is -2.30. The summed E-state index contributed by atoms with van der Waals surface area (Å²) >= 11 is 0. The van der Waals surface area contributed by atoms with Gasteiger partial charge in [-0.05, 0) is 30.5 Å². The summed E-state index contributed by atoms with van der Waals surface area (Å²) in [5, 5.41) is 8.75.